The predicted molar refractivity (Wildman–Crippen MR) is 146 cm³/mol. The van der Waals surface area contributed by atoms with E-state index in [1.807, 2.05) is 6.07 Å². The number of thioether (sulfide) groups is 1. The number of hydrogen-bond acceptors (Lipinski definition) is 6. The van der Waals surface area contributed by atoms with Gasteiger partial charge in [0.15, 0.2) is 22.4 Å². The van der Waals surface area contributed by atoms with Gasteiger partial charge in [0, 0.05) is 5.69 Å². The average Bonchev–Trinajstić information content (AvgIpc) is 3.15. The largest absolute Gasteiger partial charge is 0.493 e. The van der Waals surface area contributed by atoms with Crippen LogP contribution in [0.1, 0.15) is 11.1 Å². The third-order valence-electron chi connectivity index (χ3n) is 5.18. The zero-order valence-electron chi connectivity index (χ0n) is 19.5. The first-order chi connectivity index (χ1) is 18.1. The summed E-state index contributed by atoms with van der Waals surface area (Å²) >= 11 is 12.9. The highest BCUT2D eigenvalue weighted by atomic mass is 35.5. The van der Waals surface area contributed by atoms with Gasteiger partial charge < -0.3 is 14.8 Å². The van der Waals surface area contributed by atoms with Crippen molar-refractivity contribution in [1.29, 1.82) is 0 Å². The second-order valence-electron chi connectivity index (χ2n) is 7.80. The molecule has 1 aliphatic heterocycles. The van der Waals surface area contributed by atoms with Crippen LogP contribution in [-0.4, -0.2) is 29.9 Å². The van der Waals surface area contributed by atoms with Crippen molar-refractivity contribution in [2.24, 2.45) is 0 Å². The Hall–Kier alpha value is -3.54. The van der Waals surface area contributed by atoms with Crippen LogP contribution in [0.25, 0.3) is 6.08 Å². The molecule has 2 amide bonds. The summed E-state index contributed by atoms with van der Waals surface area (Å²) in [4.78, 5) is 27.1. The van der Waals surface area contributed by atoms with Gasteiger partial charge in [0.1, 0.15) is 0 Å². The number of anilines is 2. The third-order valence-corrected chi connectivity index (χ3v) is 6.76. The molecule has 4 rings (SSSR count). The topological polar surface area (TPSA) is 67.9 Å². The van der Waals surface area contributed by atoms with E-state index in [9.17, 15) is 22.8 Å². The van der Waals surface area contributed by atoms with Crippen molar-refractivity contribution < 1.29 is 32.2 Å². The Morgan fingerprint density at radius 1 is 1.13 bits per heavy atom. The first-order valence-corrected chi connectivity index (χ1v) is 12.5. The quantitative estimate of drug-likeness (QED) is 0.246. The number of hydrogen-bond donors (Lipinski definition) is 1. The number of nitrogens with zero attached hydrogens (tertiary/aromatic N) is 1. The molecule has 0 unspecified atom stereocenters. The summed E-state index contributed by atoms with van der Waals surface area (Å²) in [6, 6.07) is 16.3. The molecule has 0 bridgehead atoms. The van der Waals surface area contributed by atoms with Gasteiger partial charge in [0.2, 0.25) is 0 Å². The van der Waals surface area contributed by atoms with Gasteiger partial charge in [0.25, 0.3) is 11.8 Å². The lowest BCUT2D eigenvalue weighted by atomic mass is 10.1. The van der Waals surface area contributed by atoms with E-state index >= 15 is 0 Å². The predicted octanol–water partition coefficient (Wildman–Crippen LogP) is 6.79. The lowest BCUT2D eigenvalue weighted by Gasteiger charge is -2.14. The normalized spacial score (nSPS) is 14.7. The van der Waals surface area contributed by atoms with Crippen LogP contribution in [0.5, 0.6) is 11.5 Å². The third kappa shape index (κ3) is 6.29. The van der Waals surface area contributed by atoms with Crippen molar-refractivity contribution in [1.82, 2.24) is 0 Å². The summed E-state index contributed by atoms with van der Waals surface area (Å²) in [5.74, 6) is -0.736. The van der Waals surface area contributed by atoms with Gasteiger partial charge in [-0.2, -0.15) is 13.2 Å². The Morgan fingerprint density at radius 2 is 1.87 bits per heavy atom. The summed E-state index contributed by atoms with van der Waals surface area (Å²) in [5, 5.41) is 2.45. The zero-order valence-corrected chi connectivity index (χ0v) is 21.9. The Bertz CT molecular complexity index is 1430. The fraction of sp³-hybridized carbons (Fsp3) is 0.115. The molecular weight excluding hydrogens is 561 g/mol. The maximum Gasteiger partial charge on any atom is 0.416 e. The van der Waals surface area contributed by atoms with E-state index in [2.05, 4.69) is 5.32 Å². The molecule has 0 atom stereocenters. The van der Waals surface area contributed by atoms with Gasteiger partial charge in [-0.3, -0.25) is 14.5 Å². The highest BCUT2D eigenvalue weighted by molar-refractivity contribution is 8.27. The van der Waals surface area contributed by atoms with Crippen LogP contribution in [0.4, 0.5) is 24.5 Å². The van der Waals surface area contributed by atoms with Crippen LogP contribution in [0, 0.1) is 0 Å². The van der Waals surface area contributed by atoms with Crippen LogP contribution in [0.3, 0.4) is 0 Å². The van der Waals surface area contributed by atoms with E-state index in [0.29, 0.717) is 20.5 Å². The van der Waals surface area contributed by atoms with E-state index in [-0.39, 0.29) is 28.1 Å². The summed E-state index contributed by atoms with van der Waals surface area (Å²) in [5.41, 5.74) is 0.259. The van der Waals surface area contributed by atoms with Crippen LogP contribution >= 0.6 is 35.6 Å². The molecule has 6 nitrogen and oxygen atoms in total. The number of para-hydroxylation sites is 1. The highest BCUT2D eigenvalue weighted by Gasteiger charge is 2.33. The Morgan fingerprint density at radius 3 is 2.55 bits per heavy atom. The maximum absolute atomic E-state index is 13.0. The molecule has 1 aliphatic rings. The van der Waals surface area contributed by atoms with Crippen molar-refractivity contribution in [3.05, 3.63) is 87.8 Å². The minimum atomic E-state index is -4.54. The number of methoxy groups -OCH3 is 1. The van der Waals surface area contributed by atoms with E-state index in [0.717, 1.165) is 23.9 Å². The summed E-state index contributed by atoms with van der Waals surface area (Å²) < 4.78 is 50.0. The van der Waals surface area contributed by atoms with Gasteiger partial charge in [-0.15, -0.1) is 0 Å². The minimum absolute atomic E-state index is 0.0327. The monoisotopic (exact) mass is 578 g/mol. The molecule has 1 fully saturated rings. The Balaban J connectivity index is 1.47. The molecule has 1 N–H and O–H groups in total. The lowest BCUT2D eigenvalue weighted by molar-refractivity contribution is -0.137. The van der Waals surface area contributed by atoms with Crippen LogP contribution in [0.15, 0.2) is 71.6 Å². The fourth-order valence-corrected chi connectivity index (χ4v) is 5.06. The number of halogens is 4. The number of ether oxygens (including phenoxy) is 2. The van der Waals surface area contributed by atoms with Gasteiger partial charge in [0.05, 0.1) is 28.3 Å². The number of nitrogens with one attached hydrogen (secondary N) is 1. The number of carbonyl (C=O) groups excluding carboxylic acids is 2. The van der Waals surface area contributed by atoms with E-state index < -0.39 is 24.3 Å². The van der Waals surface area contributed by atoms with Crippen molar-refractivity contribution >= 4 is 69.2 Å². The molecule has 0 spiro atoms. The molecule has 0 aliphatic carbocycles. The molecule has 196 valence electrons. The summed E-state index contributed by atoms with van der Waals surface area (Å²) in [6.07, 6.45) is -2.93. The number of carbonyl (C=O) groups is 2. The first kappa shape index (κ1) is 27.5. The number of thiocarbonyl (C=S) groups is 1. The standard InChI is InChI=1S/C26H18ClF3N2O4S2/c1-35-20-11-15(12-21-24(34)32(25(37)38-21)18-8-3-2-4-9-18)10-19(27)23(20)36-14-22(33)31-17-7-5-6-16(13-17)26(28,29)30/h2-13H,14H2,1H3,(H,31,33)/b21-12-. The van der Waals surface area contributed by atoms with Gasteiger partial charge in [-0.05, 0) is 54.1 Å². The molecule has 1 saturated heterocycles. The number of benzene rings is 3. The van der Waals surface area contributed by atoms with Crippen LogP contribution in [0.2, 0.25) is 5.02 Å². The Labute approximate surface area is 230 Å². The molecule has 3 aromatic carbocycles. The number of alkyl halides is 3. The highest BCUT2D eigenvalue weighted by Crippen LogP contribution is 2.40. The zero-order chi connectivity index (χ0) is 27.4. The molecule has 38 heavy (non-hydrogen) atoms. The number of amides is 2. The molecule has 0 radical (unpaired) electrons. The SMILES string of the molecule is COc1cc(/C=C2\SC(=S)N(c3ccccc3)C2=O)cc(Cl)c1OCC(=O)Nc1cccc(C(F)(F)F)c1. The van der Waals surface area contributed by atoms with Gasteiger partial charge >= 0.3 is 6.18 Å². The molecule has 1 heterocycles. The van der Waals surface area contributed by atoms with E-state index in [4.69, 9.17) is 33.3 Å². The second kappa shape index (κ2) is 11.5. The van der Waals surface area contributed by atoms with Crippen LogP contribution < -0.4 is 19.7 Å². The Kier molecular flexibility index (Phi) is 8.29. The molecule has 3 aromatic rings. The summed E-state index contributed by atoms with van der Waals surface area (Å²) in [6.45, 7) is -0.540. The molecular formula is C26H18ClF3N2O4S2. The molecule has 0 saturated carbocycles. The average molecular weight is 579 g/mol. The maximum atomic E-state index is 13.0. The van der Waals surface area contributed by atoms with Crippen molar-refractivity contribution in [2.75, 3.05) is 23.9 Å². The van der Waals surface area contributed by atoms with Crippen LogP contribution in [-0.2, 0) is 15.8 Å². The van der Waals surface area contributed by atoms with Crippen molar-refractivity contribution in [3.8, 4) is 11.5 Å². The number of rotatable bonds is 7. The van der Waals surface area contributed by atoms with Gasteiger partial charge in [-0.25, -0.2) is 0 Å². The molecule has 0 aromatic heterocycles. The fourth-order valence-electron chi connectivity index (χ4n) is 3.49. The molecule has 12 heteroatoms. The first-order valence-electron chi connectivity index (χ1n) is 10.9. The van der Waals surface area contributed by atoms with Crippen molar-refractivity contribution in [2.45, 2.75) is 6.18 Å². The lowest BCUT2D eigenvalue weighted by Crippen LogP contribution is -2.27. The second-order valence-corrected chi connectivity index (χ2v) is 9.89. The minimum Gasteiger partial charge on any atom is -0.493 e. The van der Waals surface area contributed by atoms with Crippen molar-refractivity contribution in [3.63, 3.8) is 0 Å². The van der Waals surface area contributed by atoms with Gasteiger partial charge in [-0.1, -0.05) is 59.8 Å². The summed E-state index contributed by atoms with van der Waals surface area (Å²) in [7, 11) is 1.37. The smallest absolute Gasteiger partial charge is 0.416 e. The van der Waals surface area contributed by atoms with E-state index in [1.54, 1.807) is 36.4 Å². The van der Waals surface area contributed by atoms with E-state index in [1.165, 1.54) is 30.2 Å².